The van der Waals surface area contributed by atoms with E-state index >= 15 is 0 Å². The first kappa shape index (κ1) is 2.32. The zero-order chi connectivity index (χ0) is 16.9. The third kappa shape index (κ3) is 2.03. The zero-order valence-electron chi connectivity index (χ0n) is 15.5. The number of hydrogen-bond acceptors (Lipinski definition) is 1. The number of nitrogens with zero attached hydrogens (tertiary/aromatic N) is 1. The molecule has 0 atom stereocenters. The van der Waals surface area contributed by atoms with Gasteiger partial charge < -0.3 is 0 Å². The second-order valence-electron chi connectivity index (χ2n) is 1.77. The van der Waals surface area contributed by atoms with E-state index < -0.39 is 37.7 Å². The molecule has 0 saturated carbocycles. The minimum Gasteiger partial charge on any atom is -0.261 e. The summed E-state index contributed by atoms with van der Waals surface area (Å²) in [6.45, 7) is -6.06. The van der Waals surface area contributed by atoms with Crippen LogP contribution in [-0.4, -0.2) is 4.98 Å². The molecule has 2 heteroatoms. The van der Waals surface area contributed by atoms with Crippen molar-refractivity contribution in [3.8, 4) is 0 Å². The van der Waals surface area contributed by atoms with Crippen molar-refractivity contribution in [1.29, 1.82) is 0 Å². The topological polar surface area (TPSA) is 12.9 Å². The molecule has 0 aromatic carbocycles. The van der Waals surface area contributed by atoms with Crippen LogP contribution in [0.5, 0.6) is 0 Å². The van der Waals surface area contributed by atoms with Crippen LogP contribution in [0.2, 0.25) is 0 Å². The van der Waals surface area contributed by atoms with Gasteiger partial charge in [0.25, 0.3) is 0 Å². The van der Waals surface area contributed by atoms with Crippen LogP contribution in [-0.2, 0) is 6.37 Å². The maximum atomic E-state index is 7.84. The third-order valence-electron chi connectivity index (χ3n) is 1.08. The van der Waals surface area contributed by atoms with Gasteiger partial charge in [-0.1, -0.05) is 29.2 Å². The molecule has 0 aliphatic rings. The summed E-state index contributed by atoms with van der Waals surface area (Å²) >= 11 is 2.96. The van der Waals surface area contributed by atoms with Crippen molar-refractivity contribution in [3.63, 3.8) is 0 Å². The molecule has 0 amide bonds. The SMILES string of the molecule is [2H]C([2H])([2H])c1c(Br)ccnc1C([2H])([2H])C([2H])([2H])C([2H])([2H])[2H]. The average Bonchev–Trinajstić information content (AvgIpc) is 2.24. The van der Waals surface area contributed by atoms with Crippen LogP contribution in [0.3, 0.4) is 0 Å². The van der Waals surface area contributed by atoms with Crippen molar-refractivity contribution in [3.05, 3.63) is 28.0 Å². The summed E-state index contributed by atoms with van der Waals surface area (Å²) in [5, 5.41) is 0. The van der Waals surface area contributed by atoms with E-state index in [1.54, 1.807) is 0 Å². The minimum atomic E-state index is -3.31. The molecule has 0 bridgehead atoms. The highest BCUT2D eigenvalue weighted by molar-refractivity contribution is 9.10. The van der Waals surface area contributed by atoms with Gasteiger partial charge >= 0.3 is 0 Å². The van der Waals surface area contributed by atoms with Crippen molar-refractivity contribution in [2.75, 3.05) is 0 Å². The second-order valence-corrected chi connectivity index (χ2v) is 2.62. The Hall–Kier alpha value is -0.370. The van der Waals surface area contributed by atoms with Gasteiger partial charge in [-0.15, -0.1) is 0 Å². The molecule has 0 aliphatic carbocycles. The Morgan fingerprint density at radius 2 is 2.73 bits per heavy atom. The summed E-state index contributed by atoms with van der Waals surface area (Å²) in [5.74, 6) is 0. The number of rotatable bonds is 2. The molecule has 60 valence electrons. The van der Waals surface area contributed by atoms with Gasteiger partial charge in [0, 0.05) is 30.1 Å². The molecule has 0 aliphatic heterocycles. The summed E-state index contributed by atoms with van der Waals surface area (Å²) < 4.78 is 74.6. The first-order valence-corrected chi connectivity index (χ1v) is 3.59. The van der Waals surface area contributed by atoms with E-state index in [0.29, 0.717) is 0 Å². The lowest BCUT2D eigenvalue weighted by atomic mass is 10.1. The molecular formula is C9H12BrN. The van der Waals surface area contributed by atoms with E-state index in [1.807, 2.05) is 0 Å². The van der Waals surface area contributed by atoms with Crippen molar-refractivity contribution < 1.29 is 13.7 Å². The number of pyridine rings is 1. The summed E-state index contributed by atoms with van der Waals surface area (Å²) in [6, 6.07) is 1.27. The summed E-state index contributed by atoms with van der Waals surface area (Å²) in [6.07, 6.45) is -5.35. The van der Waals surface area contributed by atoms with Crippen LogP contribution >= 0.6 is 15.9 Å². The Balaban J connectivity index is 3.65. The quantitative estimate of drug-likeness (QED) is 0.752. The Labute approximate surface area is 90.0 Å². The van der Waals surface area contributed by atoms with E-state index in [2.05, 4.69) is 20.9 Å². The first-order chi connectivity index (χ1) is 9.14. The average molecular weight is 224 g/mol. The molecule has 0 unspecified atom stereocenters. The fourth-order valence-electron chi connectivity index (χ4n) is 0.592. The van der Waals surface area contributed by atoms with Crippen LogP contribution in [0.1, 0.15) is 38.2 Å². The molecule has 1 aromatic heterocycles. The monoisotopic (exact) mass is 223 g/mol. The maximum absolute atomic E-state index is 7.84. The summed E-state index contributed by atoms with van der Waals surface area (Å²) in [7, 11) is 0. The molecule has 1 nitrogen and oxygen atoms in total. The van der Waals surface area contributed by atoms with Gasteiger partial charge in [-0.05, 0) is 24.9 Å². The van der Waals surface area contributed by atoms with Crippen molar-refractivity contribution >= 4 is 15.9 Å². The van der Waals surface area contributed by atoms with Gasteiger partial charge in [0.1, 0.15) is 0 Å². The lowest BCUT2D eigenvalue weighted by molar-refractivity contribution is 0.869. The lowest BCUT2D eigenvalue weighted by Gasteiger charge is -2.03. The Bertz CT molecular complexity index is 532. The van der Waals surface area contributed by atoms with Gasteiger partial charge in [0.05, 0.1) is 0 Å². The van der Waals surface area contributed by atoms with Gasteiger partial charge in [-0.3, -0.25) is 4.98 Å². The molecular weight excluding hydrogens is 202 g/mol. The predicted octanol–water partition coefficient (Wildman–Crippen LogP) is 3.11. The standard InChI is InChI=1S/C9H12BrN/c1-3-4-9-7(2)8(10)5-6-11-9/h5-6H,3-4H2,1-2H3/i1D3,2D3,3D2,4D2. The van der Waals surface area contributed by atoms with Crippen LogP contribution < -0.4 is 0 Å². The molecule has 0 fully saturated rings. The zero-order valence-corrected chi connectivity index (χ0v) is 7.07. The Morgan fingerprint density at radius 1 is 1.82 bits per heavy atom. The molecule has 1 heterocycles. The van der Waals surface area contributed by atoms with Crippen LogP contribution in [0.25, 0.3) is 0 Å². The van der Waals surface area contributed by atoms with Crippen LogP contribution in [0, 0.1) is 6.85 Å². The van der Waals surface area contributed by atoms with Crippen molar-refractivity contribution in [1.82, 2.24) is 4.98 Å². The van der Waals surface area contributed by atoms with Gasteiger partial charge in [-0.2, -0.15) is 0 Å². The molecule has 1 aromatic rings. The van der Waals surface area contributed by atoms with E-state index in [9.17, 15) is 0 Å². The van der Waals surface area contributed by atoms with E-state index in [1.165, 1.54) is 6.07 Å². The number of aryl methyl sites for hydroxylation is 1. The maximum Gasteiger partial charge on any atom is 0.0443 e. The fraction of sp³-hybridized carbons (Fsp3) is 0.444. The second kappa shape index (κ2) is 3.86. The Morgan fingerprint density at radius 3 is 3.45 bits per heavy atom. The molecule has 11 heavy (non-hydrogen) atoms. The van der Waals surface area contributed by atoms with Gasteiger partial charge in [0.2, 0.25) is 0 Å². The summed E-state index contributed by atoms with van der Waals surface area (Å²) in [5.41, 5.74) is -1.29. The normalized spacial score (nSPS) is 28.5. The molecule has 0 radical (unpaired) electrons. The van der Waals surface area contributed by atoms with Crippen LogP contribution in [0.15, 0.2) is 16.7 Å². The molecule has 0 spiro atoms. The fourth-order valence-corrected chi connectivity index (χ4v) is 0.898. The number of hydrogen-bond donors (Lipinski definition) is 0. The molecule has 0 N–H and O–H groups in total. The highest BCUT2D eigenvalue weighted by atomic mass is 79.9. The molecule has 0 saturated heterocycles. The smallest absolute Gasteiger partial charge is 0.0443 e. The minimum absolute atomic E-state index is 0.0118. The summed E-state index contributed by atoms with van der Waals surface area (Å²) in [4.78, 5) is 3.60. The highest BCUT2D eigenvalue weighted by Crippen LogP contribution is 2.17. The third-order valence-corrected chi connectivity index (χ3v) is 1.74. The lowest BCUT2D eigenvalue weighted by Crippen LogP contribution is -1.93. The Kier molecular flexibility index (Phi) is 0.813. The number of aromatic nitrogens is 1. The molecule has 1 rings (SSSR count). The van der Waals surface area contributed by atoms with Crippen molar-refractivity contribution in [2.24, 2.45) is 0 Å². The predicted molar refractivity (Wildman–Crippen MR) is 50.7 cm³/mol. The highest BCUT2D eigenvalue weighted by Gasteiger charge is 2.00. The number of halogens is 1. The largest absolute Gasteiger partial charge is 0.261 e. The van der Waals surface area contributed by atoms with Gasteiger partial charge in [0.15, 0.2) is 0 Å². The van der Waals surface area contributed by atoms with Gasteiger partial charge in [-0.25, -0.2) is 0 Å². The van der Waals surface area contributed by atoms with E-state index in [0.717, 1.165) is 6.20 Å². The van der Waals surface area contributed by atoms with E-state index in [4.69, 9.17) is 13.7 Å². The first-order valence-electron chi connectivity index (χ1n) is 7.79. The van der Waals surface area contributed by atoms with Crippen molar-refractivity contribution in [2.45, 2.75) is 26.4 Å². The van der Waals surface area contributed by atoms with Crippen LogP contribution in [0.4, 0.5) is 0 Å². The van der Waals surface area contributed by atoms with E-state index in [-0.39, 0.29) is 4.47 Å².